The third kappa shape index (κ3) is 12.6. The Balaban J connectivity index is 0. The van der Waals surface area contributed by atoms with Crippen LogP contribution >= 0.6 is 0 Å². The van der Waals surface area contributed by atoms with Crippen LogP contribution in [0.5, 0.6) is 0 Å². The summed E-state index contributed by atoms with van der Waals surface area (Å²) in [4.78, 5) is 8.35. The van der Waals surface area contributed by atoms with Gasteiger partial charge in [0.1, 0.15) is 5.84 Å². The van der Waals surface area contributed by atoms with Gasteiger partial charge in [-0.3, -0.25) is 0 Å². The molecule has 98 valence electrons. The first-order valence-corrected chi connectivity index (χ1v) is 6.11. The van der Waals surface area contributed by atoms with Gasteiger partial charge in [-0.05, 0) is 32.8 Å². The number of aliphatic imine (C=N–C) groups is 2. The minimum atomic E-state index is 0.525. The van der Waals surface area contributed by atoms with E-state index in [1.807, 2.05) is 33.9 Å². The van der Waals surface area contributed by atoms with E-state index in [9.17, 15) is 0 Å². The Morgan fingerprint density at radius 2 is 1.65 bits per heavy atom. The molecule has 0 amide bonds. The molecule has 2 N–H and O–H groups in total. The maximum Gasteiger partial charge on any atom is 0.125 e. The number of nitrogens with zero attached hydrogens (tertiary/aromatic N) is 2. The fraction of sp³-hybridized carbons (Fsp3) is 0.571. The van der Waals surface area contributed by atoms with E-state index < -0.39 is 0 Å². The zero-order valence-corrected chi connectivity index (χ0v) is 12.3. The minimum Gasteiger partial charge on any atom is -0.402 e. The second kappa shape index (κ2) is 11.1. The van der Waals surface area contributed by atoms with Gasteiger partial charge in [-0.1, -0.05) is 33.3 Å². The highest BCUT2D eigenvalue weighted by Crippen LogP contribution is 2.07. The van der Waals surface area contributed by atoms with Gasteiger partial charge in [-0.15, -0.1) is 0 Å². The fourth-order valence-corrected chi connectivity index (χ4v) is 0.640. The lowest BCUT2D eigenvalue weighted by Gasteiger charge is -2.01. The van der Waals surface area contributed by atoms with Gasteiger partial charge in [0.05, 0.1) is 0 Å². The van der Waals surface area contributed by atoms with Crippen LogP contribution in [-0.4, -0.2) is 12.1 Å². The molecule has 0 aromatic heterocycles. The number of rotatable bonds is 3. The van der Waals surface area contributed by atoms with E-state index >= 15 is 0 Å². The summed E-state index contributed by atoms with van der Waals surface area (Å²) in [5.74, 6) is 1.25. The van der Waals surface area contributed by atoms with Crippen LogP contribution in [-0.2, 0) is 0 Å². The first-order valence-electron chi connectivity index (χ1n) is 6.11. The first kappa shape index (κ1) is 18.0. The summed E-state index contributed by atoms with van der Waals surface area (Å²) < 4.78 is 0. The molecule has 0 rings (SSSR count). The lowest BCUT2D eigenvalue weighted by molar-refractivity contribution is 0.766. The monoisotopic (exact) mass is 237 g/mol. The second-order valence-electron chi connectivity index (χ2n) is 3.89. The Morgan fingerprint density at radius 3 is 2.06 bits per heavy atom. The van der Waals surface area contributed by atoms with Crippen LogP contribution in [0.2, 0.25) is 0 Å². The summed E-state index contributed by atoms with van der Waals surface area (Å²) in [6, 6.07) is 0. The van der Waals surface area contributed by atoms with Crippen molar-refractivity contribution in [3.8, 4) is 0 Å². The highest BCUT2D eigenvalue weighted by molar-refractivity contribution is 5.91. The molecule has 0 heterocycles. The summed E-state index contributed by atoms with van der Waals surface area (Å²) >= 11 is 0. The van der Waals surface area contributed by atoms with Gasteiger partial charge in [0.25, 0.3) is 0 Å². The quantitative estimate of drug-likeness (QED) is 0.587. The normalized spacial score (nSPS) is 14.0. The second-order valence-corrected chi connectivity index (χ2v) is 3.89. The molecular weight excluding hydrogens is 210 g/mol. The Kier molecular flexibility index (Phi) is 11.8. The highest BCUT2D eigenvalue weighted by Gasteiger charge is 1.93. The summed E-state index contributed by atoms with van der Waals surface area (Å²) in [6.07, 6.45) is 5.26. The van der Waals surface area contributed by atoms with Crippen molar-refractivity contribution in [2.45, 2.75) is 48.5 Å². The van der Waals surface area contributed by atoms with Crippen molar-refractivity contribution in [1.29, 1.82) is 0 Å². The molecule has 0 spiro atoms. The van der Waals surface area contributed by atoms with Crippen LogP contribution in [0.1, 0.15) is 48.5 Å². The molecule has 3 nitrogen and oxygen atoms in total. The van der Waals surface area contributed by atoms with Gasteiger partial charge in [0, 0.05) is 18.1 Å². The number of hydrogen-bond acceptors (Lipinski definition) is 2. The number of allylic oxidation sites excluding steroid dienone is 3. The Labute approximate surface area is 106 Å². The first-order chi connectivity index (χ1) is 7.93. The van der Waals surface area contributed by atoms with Gasteiger partial charge in [0.2, 0.25) is 0 Å². The molecule has 0 saturated carbocycles. The topological polar surface area (TPSA) is 50.7 Å². The third-order valence-corrected chi connectivity index (χ3v) is 1.96. The van der Waals surface area contributed by atoms with E-state index in [4.69, 9.17) is 5.73 Å². The van der Waals surface area contributed by atoms with E-state index in [0.29, 0.717) is 5.92 Å². The van der Waals surface area contributed by atoms with Crippen LogP contribution in [0.4, 0.5) is 0 Å². The van der Waals surface area contributed by atoms with E-state index in [1.165, 1.54) is 5.57 Å². The molecule has 3 heteroatoms. The average molecular weight is 237 g/mol. The maximum atomic E-state index is 5.46. The molecule has 0 aromatic rings. The molecule has 0 unspecified atom stereocenters. The van der Waals surface area contributed by atoms with Crippen LogP contribution in [0.25, 0.3) is 0 Å². The van der Waals surface area contributed by atoms with E-state index in [2.05, 4.69) is 30.8 Å². The van der Waals surface area contributed by atoms with E-state index in [-0.39, 0.29) is 0 Å². The predicted octanol–water partition coefficient (Wildman–Crippen LogP) is 3.92. The zero-order chi connectivity index (χ0) is 13.8. The lowest BCUT2D eigenvalue weighted by Crippen LogP contribution is -1.92. The molecule has 0 aliphatic rings. The van der Waals surface area contributed by atoms with Crippen molar-refractivity contribution in [3.63, 3.8) is 0 Å². The summed E-state index contributed by atoms with van der Waals surface area (Å²) in [7, 11) is 0. The molecule has 0 radical (unpaired) electrons. The predicted molar refractivity (Wildman–Crippen MR) is 79.5 cm³/mol. The highest BCUT2D eigenvalue weighted by atomic mass is 14.9. The molecule has 0 bridgehead atoms. The lowest BCUT2D eigenvalue weighted by atomic mass is 10.1. The molecule has 0 aliphatic carbocycles. The number of hydrogen-bond donors (Lipinski definition) is 1. The largest absolute Gasteiger partial charge is 0.402 e. The Morgan fingerprint density at radius 1 is 1.12 bits per heavy atom. The maximum absolute atomic E-state index is 5.46. The van der Waals surface area contributed by atoms with Crippen molar-refractivity contribution in [2.24, 2.45) is 21.6 Å². The van der Waals surface area contributed by atoms with Crippen molar-refractivity contribution >= 4 is 12.1 Å². The van der Waals surface area contributed by atoms with E-state index in [0.717, 1.165) is 11.5 Å². The molecular formula is C14H27N3. The summed E-state index contributed by atoms with van der Waals surface area (Å²) in [5.41, 5.74) is 7.44. The van der Waals surface area contributed by atoms with Crippen LogP contribution < -0.4 is 5.73 Å². The van der Waals surface area contributed by atoms with Gasteiger partial charge >= 0.3 is 0 Å². The molecule has 0 atom stereocenters. The standard InChI is InChI=1S/C12H21N3.C2H6/c1-9(2)10(3)8-15-12(5)14-7-6-11(4)13;1-2/h6-9H,13H2,1-5H3;1-2H3/b10-8+,11-6-,14-7?,15-12?;. The zero-order valence-electron chi connectivity index (χ0n) is 12.3. The Bertz CT molecular complexity index is 303. The fourth-order valence-electron chi connectivity index (χ4n) is 0.640. The SMILES string of the molecule is CC.CC(N=C/C=C(/C)N)=N/C=C(\C)C(C)C. The summed E-state index contributed by atoms with van der Waals surface area (Å²) in [5, 5.41) is 0. The Hall–Kier alpha value is -1.38. The third-order valence-electron chi connectivity index (χ3n) is 1.96. The van der Waals surface area contributed by atoms with Gasteiger partial charge in [-0.25, -0.2) is 9.98 Å². The number of nitrogens with two attached hydrogens (primary N) is 1. The smallest absolute Gasteiger partial charge is 0.125 e. The van der Waals surface area contributed by atoms with Crippen molar-refractivity contribution in [1.82, 2.24) is 0 Å². The molecule has 0 aliphatic heterocycles. The summed E-state index contributed by atoms with van der Waals surface area (Å²) in [6.45, 7) is 14.0. The van der Waals surface area contributed by atoms with Crippen LogP contribution in [0.15, 0.2) is 33.5 Å². The van der Waals surface area contributed by atoms with Crippen molar-refractivity contribution in [3.05, 3.63) is 23.5 Å². The van der Waals surface area contributed by atoms with Gasteiger partial charge < -0.3 is 5.73 Å². The van der Waals surface area contributed by atoms with Gasteiger partial charge in [0.15, 0.2) is 0 Å². The van der Waals surface area contributed by atoms with Crippen molar-refractivity contribution < 1.29 is 0 Å². The number of amidine groups is 1. The molecule has 17 heavy (non-hydrogen) atoms. The molecule has 0 fully saturated rings. The van der Waals surface area contributed by atoms with Crippen LogP contribution in [0, 0.1) is 5.92 Å². The average Bonchev–Trinajstić information content (AvgIpc) is 2.28. The molecule has 0 saturated heterocycles. The van der Waals surface area contributed by atoms with Gasteiger partial charge in [-0.2, -0.15) is 0 Å². The van der Waals surface area contributed by atoms with Crippen LogP contribution in [0.3, 0.4) is 0 Å². The van der Waals surface area contributed by atoms with E-state index in [1.54, 1.807) is 12.3 Å². The van der Waals surface area contributed by atoms with Crippen molar-refractivity contribution in [2.75, 3.05) is 0 Å². The minimum absolute atomic E-state index is 0.525. The molecule has 0 aromatic carbocycles.